The first kappa shape index (κ1) is 12.0. The fourth-order valence-corrected chi connectivity index (χ4v) is 2.70. The van der Waals surface area contributed by atoms with Crippen molar-refractivity contribution >= 4 is 5.97 Å². The van der Waals surface area contributed by atoms with E-state index < -0.39 is 5.97 Å². The van der Waals surface area contributed by atoms with E-state index in [-0.39, 0.29) is 6.42 Å². The van der Waals surface area contributed by atoms with Crippen LogP contribution in [-0.2, 0) is 31.1 Å². The molecule has 19 heavy (non-hydrogen) atoms. The monoisotopic (exact) mass is 256 g/mol. The molecular formula is C15H16N2O2. The molecule has 0 unspecified atom stereocenters. The van der Waals surface area contributed by atoms with E-state index in [0.29, 0.717) is 0 Å². The minimum absolute atomic E-state index is 0.00837. The van der Waals surface area contributed by atoms with Crippen LogP contribution in [0.5, 0.6) is 0 Å². The van der Waals surface area contributed by atoms with Gasteiger partial charge >= 0.3 is 5.97 Å². The molecular weight excluding hydrogens is 240 g/mol. The van der Waals surface area contributed by atoms with Gasteiger partial charge in [-0.25, -0.2) is 0 Å². The van der Waals surface area contributed by atoms with E-state index in [1.54, 1.807) is 11.7 Å². The molecule has 0 saturated heterocycles. The number of benzene rings is 1. The van der Waals surface area contributed by atoms with E-state index in [0.717, 1.165) is 23.4 Å². The molecule has 4 nitrogen and oxygen atoms in total. The van der Waals surface area contributed by atoms with E-state index in [1.807, 2.05) is 6.07 Å². The van der Waals surface area contributed by atoms with Crippen molar-refractivity contribution in [3.63, 3.8) is 0 Å². The third-order valence-corrected chi connectivity index (χ3v) is 3.70. The van der Waals surface area contributed by atoms with Gasteiger partial charge in [-0.2, -0.15) is 5.10 Å². The van der Waals surface area contributed by atoms with Gasteiger partial charge in [-0.3, -0.25) is 9.48 Å². The Kier molecular flexibility index (Phi) is 2.85. The molecule has 0 spiro atoms. The number of hydrogen-bond acceptors (Lipinski definition) is 2. The molecule has 98 valence electrons. The van der Waals surface area contributed by atoms with Crippen molar-refractivity contribution in [1.82, 2.24) is 9.78 Å². The molecule has 0 bridgehead atoms. The molecule has 3 rings (SSSR count). The van der Waals surface area contributed by atoms with Crippen LogP contribution in [0.3, 0.4) is 0 Å². The maximum absolute atomic E-state index is 10.8. The van der Waals surface area contributed by atoms with Crippen molar-refractivity contribution < 1.29 is 9.90 Å². The Morgan fingerprint density at radius 3 is 2.89 bits per heavy atom. The predicted octanol–water partition coefficient (Wildman–Crippen LogP) is 2.20. The number of aromatic nitrogens is 2. The lowest BCUT2D eigenvalue weighted by Gasteiger charge is -2.01. The van der Waals surface area contributed by atoms with E-state index in [2.05, 4.69) is 23.3 Å². The van der Waals surface area contributed by atoms with Gasteiger partial charge in [0.25, 0.3) is 0 Å². The molecule has 1 aromatic carbocycles. The van der Waals surface area contributed by atoms with Gasteiger partial charge in [0.2, 0.25) is 0 Å². The van der Waals surface area contributed by atoms with Gasteiger partial charge in [0, 0.05) is 18.3 Å². The van der Waals surface area contributed by atoms with Crippen LogP contribution >= 0.6 is 0 Å². The van der Waals surface area contributed by atoms with Crippen LogP contribution in [0.1, 0.15) is 23.2 Å². The molecule has 4 heteroatoms. The Bertz CT molecular complexity index is 644. The van der Waals surface area contributed by atoms with Gasteiger partial charge in [-0.05, 0) is 42.5 Å². The summed E-state index contributed by atoms with van der Waals surface area (Å²) < 4.78 is 1.65. The highest BCUT2D eigenvalue weighted by Gasteiger charge is 2.14. The van der Waals surface area contributed by atoms with Crippen molar-refractivity contribution in [3.05, 3.63) is 41.1 Å². The minimum atomic E-state index is -0.830. The third-order valence-electron chi connectivity index (χ3n) is 3.70. The molecule has 0 amide bonds. The summed E-state index contributed by atoms with van der Waals surface area (Å²) in [6.07, 6.45) is 3.54. The van der Waals surface area contributed by atoms with Crippen LogP contribution in [0.2, 0.25) is 0 Å². The number of carboxylic acid groups (broad SMARTS) is 1. The highest BCUT2D eigenvalue weighted by atomic mass is 16.4. The average Bonchev–Trinajstić information content (AvgIpc) is 2.95. The summed E-state index contributed by atoms with van der Waals surface area (Å²) >= 11 is 0. The summed E-state index contributed by atoms with van der Waals surface area (Å²) in [6.45, 7) is 0. The van der Waals surface area contributed by atoms with E-state index in [9.17, 15) is 4.79 Å². The number of carboxylic acids is 1. The molecule has 1 heterocycles. The van der Waals surface area contributed by atoms with Gasteiger partial charge in [0.05, 0.1) is 12.1 Å². The summed E-state index contributed by atoms with van der Waals surface area (Å²) in [6, 6.07) is 8.31. The molecule has 0 aliphatic heterocycles. The zero-order valence-corrected chi connectivity index (χ0v) is 10.9. The Hall–Kier alpha value is -2.10. The topological polar surface area (TPSA) is 55.1 Å². The highest BCUT2D eigenvalue weighted by molar-refractivity contribution is 5.71. The molecule has 0 saturated carbocycles. The van der Waals surface area contributed by atoms with Crippen LogP contribution in [0.15, 0.2) is 24.3 Å². The standard InChI is InChI=1S/C15H16N2O2/c1-17-13(9-15(18)19)8-14(16-17)12-6-5-10-3-2-4-11(10)7-12/h5-8H,2-4,9H2,1H3,(H,18,19). The van der Waals surface area contributed by atoms with Gasteiger partial charge in [-0.1, -0.05) is 12.1 Å². The number of hydrogen-bond donors (Lipinski definition) is 1. The van der Waals surface area contributed by atoms with Crippen molar-refractivity contribution in [2.24, 2.45) is 7.05 Å². The van der Waals surface area contributed by atoms with Crippen molar-refractivity contribution in [2.75, 3.05) is 0 Å². The van der Waals surface area contributed by atoms with Crippen molar-refractivity contribution in [1.29, 1.82) is 0 Å². The summed E-state index contributed by atoms with van der Waals surface area (Å²) in [7, 11) is 1.79. The maximum Gasteiger partial charge on any atom is 0.309 e. The van der Waals surface area contributed by atoms with Gasteiger partial charge < -0.3 is 5.11 Å². The lowest BCUT2D eigenvalue weighted by molar-refractivity contribution is -0.136. The fourth-order valence-electron chi connectivity index (χ4n) is 2.70. The largest absolute Gasteiger partial charge is 0.481 e. The third kappa shape index (κ3) is 2.26. The van der Waals surface area contributed by atoms with Crippen LogP contribution in [-0.4, -0.2) is 20.9 Å². The van der Waals surface area contributed by atoms with Crippen molar-refractivity contribution in [3.8, 4) is 11.3 Å². The van der Waals surface area contributed by atoms with Gasteiger partial charge in [0.1, 0.15) is 0 Å². The van der Waals surface area contributed by atoms with Gasteiger partial charge in [0.15, 0.2) is 0 Å². The molecule has 0 radical (unpaired) electrons. The Morgan fingerprint density at radius 1 is 1.32 bits per heavy atom. The second-order valence-electron chi connectivity index (χ2n) is 5.05. The van der Waals surface area contributed by atoms with E-state index in [1.165, 1.54) is 24.0 Å². The Balaban J connectivity index is 1.96. The summed E-state index contributed by atoms with van der Waals surface area (Å²) in [5.41, 5.74) is 5.50. The van der Waals surface area contributed by atoms with Crippen LogP contribution in [0, 0.1) is 0 Å². The number of carbonyl (C=O) groups is 1. The zero-order chi connectivity index (χ0) is 13.4. The normalized spacial score (nSPS) is 13.5. The molecule has 0 fully saturated rings. The summed E-state index contributed by atoms with van der Waals surface area (Å²) in [4.78, 5) is 10.8. The summed E-state index contributed by atoms with van der Waals surface area (Å²) in [5.74, 6) is -0.830. The highest BCUT2D eigenvalue weighted by Crippen LogP contribution is 2.27. The first-order chi connectivity index (χ1) is 9.13. The first-order valence-electron chi connectivity index (χ1n) is 6.50. The summed E-state index contributed by atoms with van der Waals surface area (Å²) in [5, 5.41) is 13.3. The number of fused-ring (bicyclic) bond motifs is 1. The van der Waals surface area contributed by atoms with Crippen LogP contribution in [0.25, 0.3) is 11.3 Å². The SMILES string of the molecule is Cn1nc(-c2ccc3c(c2)CCC3)cc1CC(=O)O. The molecule has 1 N–H and O–H groups in total. The lowest BCUT2D eigenvalue weighted by atomic mass is 10.0. The smallest absolute Gasteiger partial charge is 0.309 e. The van der Waals surface area contributed by atoms with Crippen LogP contribution in [0.4, 0.5) is 0 Å². The minimum Gasteiger partial charge on any atom is -0.481 e. The van der Waals surface area contributed by atoms with Crippen LogP contribution < -0.4 is 0 Å². The molecule has 1 aromatic heterocycles. The second-order valence-corrected chi connectivity index (χ2v) is 5.05. The number of aliphatic carboxylic acids is 1. The number of nitrogens with zero attached hydrogens (tertiary/aromatic N) is 2. The van der Waals surface area contributed by atoms with E-state index >= 15 is 0 Å². The molecule has 2 aromatic rings. The molecule has 0 atom stereocenters. The van der Waals surface area contributed by atoms with E-state index in [4.69, 9.17) is 5.11 Å². The number of rotatable bonds is 3. The average molecular weight is 256 g/mol. The Morgan fingerprint density at radius 2 is 2.11 bits per heavy atom. The zero-order valence-electron chi connectivity index (χ0n) is 10.9. The second kappa shape index (κ2) is 4.53. The van der Waals surface area contributed by atoms with Crippen molar-refractivity contribution in [2.45, 2.75) is 25.7 Å². The lowest BCUT2D eigenvalue weighted by Crippen LogP contribution is -2.05. The maximum atomic E-state index is 10.8. The Labute approximate surface area is 111 Å². The first-order valence-corrected chi connectivity index (χ1v) is 6.50. The van der Waals surface area contributed by atoms with Gasteiger partial charge in [-0.15, -0.1) is 0 Å². The predicted molar refractivity (Wildman–Crippen MR) is 72.0 cm³/mol. The fraction of sp³-hybridized carbons (Fsp3) is 0.333. The molecule has 1 aliphatic rings. The quantitative estimate of drug-likeness (QED) is 0.916. The number of aryl methyl sites for hydroxylation is 3. The molecule has 1 aliphatic carbocycles.